The fourth-order valence-corrected chi connectivity index (χ4v) is 1.18. The zero-order valence-electron chi connectivity index (χ0n) is 9.84. The fourth-order valence-electron chi connectivity index (χ4n) is 1.18. The summed E-state index contributed by atoms with van der Waals surface area (Å²) in [4.78, 5) is 14.9. The lowest BCUT2D eigenvalue weighted by atomic mass is 10.3. The first-order valence-electron chi connectivity index (χ1n) is 5.03. The van der Waals surface area contributed by atoms with E-state index in [1.165, 1.54) is 4.90 Å². The van der Waals surface area contributed by atoms with E-state index in [-0.39, 0.29) is 5.91 Å². The van der Waals surface area contributed by atoms with E-state index in [4.69, 9.17) is 5.73 Å². The largest absolute Gasteiger partial charge is 0.357 e. The van der Waals surface area contributed by atoms with E-state index in [0.717, 1.165) is 0 Å². The maximum atomic E-state index is 11.5. The van der Waals surface area contributed by atoms with Gasteiger partial charge in [-0.25, -0.2) is 0 Å². The van der Waals surface area contributed by atoms with Crippen LogP contribution in [0.25, 0.3) is 0 Å². The van der Waals surface area contributed by atoms with Crippen molar-refractivity contribution in [2.45, 2.75) is 0 Å². The van der Waals surface area contributed by atoms with Gasteiger partial charge >= 0.3 is 0 Å². The van der Waals surface area contributed by atoms with Crippen LogP contribution in [0.4, 0.5) is 5.82 Å². The highest BCUT2D eigenvalue weighted by molar-refractivity contribution is 5.91. The molecule has 1 aromatic rings. The van der Waals surface area contributed by atoms with Gasteiger partial charge in [-0.15, -0.1) is 10.2 Å². The van der Waals surface area contributed by atoms with Crippen LogP contribution in [0.15, 0.2) is 12.1 Å². The number of amides is 1. The van der Waals surface area contributed by atoms with Gasteiger partial charge in [0.15, 0.2) is 11.5 Å². The van der Waals surface area contributed by atoms with Crippen LogP contribution >= 0.6 is 0 Å². The molecule has 0 atom stereocenters. The lowest BCUT2D eigenvalue weighted by Crippen LogP contribution is -2.27. The van der Waals surface area contributed by atoms with Crippen molar-refractivity contribution in [2.24, 2.45) is 5.73 Å². The van der Waals surface area contributed by atoms with Crippen molar-refractivity contribution in [3.05, 3.63) is 17.8 Å². The van der Waals surface area contributed by atoms with Crippen LogP contribution in [-0.4, -0.2) is 55.2 Å². The highest BCUT2D eigenvalue weighted by Gasteiger charge is 2.10. The van der Waals surface area contributed by atoms with Crippen LogP contribution in [0, 0.1) is 0 Å². The van der Waals surface area contributed by atoms with E-state index in [9.17, 15) is 4.79 Å². The predicted molar refractivity (Wildman–Crippen MR) is 62.4 cm³/mol. The molecule has 0 aliphatic carbocycles. The Bertz CT molecular complexity index is 349. The molecule has 1 aromatic heterocycles. The molecule has 88 valence electrons. The van der Waals surface area contributed by atoms with Gasteiger partial charge in [-0.1, -0.05) is 0 Å². The van der Waals surface area contributed by atoms with Crippen LogP contribution < -0.4 is 10.6 Å². The maximum Gasteiger partial charge on any atom is 0.273 e. The van der Waals surface area contributed by atoms with Crippen LogP contribution in [0.5, 0.6) is 0 Å². The summed E-state index contributed by atoms with van der Waals surface area (Å²) in [7, 11) is 5.24. The van der Waals surface area contributed by atoms with Gasteiger partial charge in [0, 0.05) is 34.2 Å². The molecule has 1 rings (SSSR count). The number of carbonyl (C=O) groups is 1. The second kappa shape index (κ2) is 5.41. The summed E-state index contributed by atoms with van der Waals surface area (Å²) >= 11 is 0. The van der Waals surface area contributed by atoms with Crippen molar-refractivity contribution < 1.29 is 4.79 Å². The summed E-state index contributed by atoms with van der Waals surface area (Å²) in [5, 5.41) is 7.85. The Morgan fingerprint density at radius 2 is 2.00 bits per heavy atom. The quantitative estimate of drug-likeness (QED) is 0.750. The minimum atomic E-state index is -0.152. The predicted octanol–water partition coefficient (Wildman–Crippen LogP) is -0.427. The standard InChI is InChI=1S/C10H17N5O/c1-14(2)10(16)8-4-5-9(13-12-8)15(3)7-6-11/h4-5H,6-7,11H2,1-3H3. The highest BCUT2D eigenvalue weighted by Crippen LogP contribution is 2.07. The number of likely N-dealkylation sites (N-methyl/N-ethyl adjacent to an activating group) is 1. The van der Waals surface area contributed by atoms with Crippen molar-refractivity contribution in [2.75, 3.05) is 39.1 Å². The van der Waals surface area contributed by atoms with Gasteiger partial charge in [0.05, 0.1) is 0 Å². The summed E-state index contributed by atoms with van der Waals surface area (Å²) in [6, 6.07) is 3.43. The zero-order chi connectivity index (χ0) is 12.1. The van der Waals surface area contributed by atoms with Gasteiger partial charge in [0.25, 0.3) is 5.91 Å². The molecule has 6 heteroatoms. The van der Waals surface area contributed by atoms with Crippen LogP contribution in [0.3, 0.4) is 0 Å². The Balaban J connectivity index is 2.79. The van der Waals surface area contributed by atoms with E-state index in [1.54, 1.807) is 26.2 Å². The van der Waals surface area contributed by atoms with Crippen molar-refractivity contribution >= 4 is 11.7 Å². The van der Waals surface area contributed by atoms with Crippen LogP contribution in [0.1, 0.15) is 10.5 Å². The molecule has 0 saturated heterocycles. The molecular formula is C10H17N5O. The minimum Gasteiger partial charge on any atom is -0.357 e. The Labute approximate surface area is 95.0 Å². The number of anilines is 1. The van der Waals surface area contributed by atoms with Crippen molar-refractivity contribution in [3.63, 3.8) is 0 Å². The van der Waals surface area contributed by atoms with E-state index in [1.807, 2.05) is 11.9 Å². The lowest BCUT2D eigenvalue weighted by Gasteiger charge is -2.16. The maximum absolute atomic E-state index is 11.5. The number of nitrogens with two attached hydrogens (primary N) is 1. The molecule has 0 saturated carbocycles. The molecule has 0 bridgehead atoms. The van der Waals surface area contributed by atoms with E-state index < -0.39 is 0 Å². The molecule has 0 aromatic carbocycles. The highest BCUT2D eigenvalue weighted by atomic mass is 16.2. The van der Waals surface area contributed by atoms with Crippen molar-refractivity contribution in [1.29, 1.82) is 0 Å². The Kier molecular flexibility index (Phi) is 4.19. The van der Waals surface area contributed by atoms with E-state index >= 15 is 0 Å². The van der Waals surface area contributed by atoms with Crippen molar-refractivity contribution in [1.82, 2.24) is 15.1 Å². The topological polar surface area (TPSA) is 75.4 Å². The second-order valence-electron chi connectivity index (χ2n) is 3.69. The molecule has 0 aliphatic rings. The molecule has 16 heavy (non-hydrogen) atoms. The Morgan fingerprint density at radius 1 is 1.31 bits per heavy atom. The molecule has 0 aliphatic heterocycles. The average Bonchev–Trinajstić information content (AvgIpc) is 2.28. The number of hydrogen-bond acceptors (Lipinski definition) is 5. The van der Waals surface area contributed by atoms with Gasteiger partial charge in [0.2, 0.25) is 0 Å². The smallest absolute Gasteiger partial charge is 0.273 e. The summed E-state index contributed by atoms with van der Waals surface area (Å²) in [5.41, 5.74) is 5.78. The van der Waals surface area contributed by atoms with E-state index in [0.29, 0.717) is 24.6 Å². The van der Waals surface area contributed by atoms with Crippen LogP contribution in [0.2, 0.25) is 0 Å². The second-order valence-corrected chi connectivity index (χ2v) is 3.69. The number of hydrogen-bond donors (Lipinski definition) is 1. The first kappa shape index (κ1) is 12.4. The third-order valence-corrected chi connectivity index (χ3v) is 2.13. The first-order chi connectivity index (χ1) is 7.56. The van der Waals surface area contributed by atoms with E-state index in [2.05, 4.69) is 10.2 Å². The summed E-state index contributed by atoms with van der Waals surface area (Å²) in [6.45, 7) is 1.26. The number of rotatable bonds is 4. The zero-order valence-corrected chi connectivity index (χ0v) is 9.84. The Morgan fingerprint density at radius 3 is 2.44 bits per heavy atom. The lowest BCUT2D eigenvalue weighted by molar-refractivity contribution is 0.0821. The molecule has 0 radical (unpaired) electrons. The molecule has 0 fully saturated rings. The molecule has 1 amide bonds. The summed E-state index contributed by atoms with van der Waals surface area (Å²) in [6.07, 6.45) is 0. The molecular weight excluding hydrogens is 206 g/mol. The normalized spacial score (nSPS) is 10.0. The SMILES string of the molecule is CN(C)C(=O)c1ccc(N(C)CCN)nn1. The molecule has 1 heterocycles. The van der Waals surface area contributed by atoms with Crippen molar-refractivity contribution in [3.8, 4) is 0 Å². The number of nitrogens with zero attached hydrogens (tertiary/aromatic N) is 4. The van der Waals surface area contributed by atoms with Crippen LogP contribution in [-0.2, 0) is 0 Å². The van der Waals surface area contributed by atoms with Gasteiger partial charge in [-0.05, 0) is 12.1 Å². The third kappa shape index (κ3) is 2.90. The minimum absolute atomic E-state index is 0.152. The van der Waals surface area contributed by atoms with Gasteiger partial charge in [0.1, 0.15) is 0 Å². The molecule has 0 unspecified atom stereocenters. The molecule has 6 nitrogen and oxygen atoms in total. The van der Waals surface area contributed by atoms with Gasteiger partial charge in [-0.2, -0.15) is 0 Å². The average molecular weight is 223 g/mol. The fraction of sp³-hybridized carbons (Fsp3) is 0.500. The molecule has 2 N–H and O–H groups in total. The monoisotopic (exact) mass is 223 g/mol. The van der Waals surface area contributed by atoms with Gasteiger partial charge in [-0.3, -0.25) is 4.79 Å². The Hall–Kier alpha value is -1.69. The van der Waals surface area contributed by atoms with Gasteiger partial charge < -0.3 is 15.5 Å². The summed E-state index contributed by atoms with van der Waals surface area (Å²) in [5.74, 6) is 0.557. The number of carbonyl (C=O) groups excluding carboxylic acids is 1. The third-order valence-electron chi connectivity index (χ3n) is 2.13. The number of aromatic nitrogens is 2. The summed E-state index contributed by atoms with van der Waals surface area (Å²) < 4.78 is 0. The molecule has 0 spiro atoms. The first-order valence-corrected chi connectivity index (χ1v) is 5.03.